The molecule has 0 saturated carbocycles. The van der Waals surface area contributed by atoms with Gasteiger partial charge in [-0.15, -0.1) is 0 Å². The molecule has 0 spiro atoms. The first kappa shape index (κ1) is 15.4. The highest BCUT2D eigenvalue weighted by Crippen LogP contribution is 2.21. The highest BCUT2D eigenvalue weighted by molar-refractivity contribution is 5.37. The Balaban J connectivity index is 2.73. The van der Waals surface area contributed by atoms with Crippen molar-refractivity contribution in [1.82, 2.24) is 4.90 Å². The molecule has 0 aliphatic carbocycles. The Kier molecular flexibility index (Phi) is 4.86. The minimum atomic E-state index is -4.69. The molecule has 1 atom stereocenters. The molecule has 1 aromatic carbocycles. The smallest absolute Gasteiger partial charge is 0.382 e. The Bertz CT molecular complexity index is 482. The van der Waals surface area contributed by atoms with E-state index in [0.717, 1.165) is 12.1 Å². The van der Waals surface area contributed by atoms with Gasteiger partial charge in [0.2, 0.25) is 0 Å². The topological polar surface area (TPSA) is 47.3 Å². The van der Waals surface area contributed by atoms with Crippen LogP contribution >= 0.6 is 0 Å². The van der Waals surface area contributed by atoms with Crippen molar-refractivity contribution in [2.45, 2.75) is 18.8 Å². The Hall–Kier alpha value is -1.65. The lowest BCUT2D eigenvalue weighted by molar-refractivity contribution is -0.207. The molecule has 0 amide bonds. The molecule has 104 valence electrons. The summed E-state index contributed by atoms with van der Waals surface area (Å²) < 4.78 is 49.4. The molecule has 3 nitrogen and oxygen atoms in total. The molecule has 0 aliphatic rings. The van der Waals surface area contributed by atoms with E-state index in [1.165, 1.54) is 18.0 Å². The van der Waals surface area contributed by atoms with Crippen molar-refractivity contribution in [2.75, 3.05) is 13.6 Å². The normalized spacial score (nSPS) is 13.4. The van der Waals surface area contributed by atoms with E-state index in [4.69, 9.17) is 10.4 Å². The van der Waals surface area contributed by atoms with Crippen LogP contribution < -0.4 is 0 Å². The number of benzene rings is 1. The van der Waals surface area contributed by atoms with Crippen LogP contribution in [0.5, 0.6) is 0 Å². The zero-order valence-corrected chi connectivity index (χ0v) is 10.1. The fourth-order valence-corrected chi connectivity index (χ4v) is 1.54. The molecule has 0 aromatic heterocycles. The Labute approximate surface area is 107 Å². The van der Waals surface area contributed by atoms with Crippen LogP contribution in [0.1, 0.15) is 11.1 Å². The van der Waals surface area contributed by atoms with Crippen molar-refractivity contribution in [3.63, 3.8) is 0 Å². The van der Waals surface area contributed by atoms with Gasteiger partial charge >= 0.3 is 6.18 Å². The summed E-state index contributed by atoms with van der Waals surface area (Å²) in [5, 5.41) is 17.7. The molecule has 0 heterocycles. The molecule has 1 rings (SSSR count). The standard InChI is InChI=1S/C12H12F4N2O/c1-18(7-11(19)12(14,15)16)6-8-2-3-10(13)4-9(8)5-17/h2-4,11,19H,6-7H2,1H3. The summed E-state index contributed by atoms with van der Waals surface area (Å²) in [5.74, 6) is -0.585. The lowest BCUT2D eigenvalue weighted by Gasteiger charge is -2.22. The lowest BCUT2D eigenvalue weighted by atomic mass is 10.1. The van der Waals surface area contributed by atoms with Crippen molar-refractivity contribution < 1.29 is 22.7 Å². The largest absolute Gasteiger partial charge is 0.415 e. The van der Waals surface area contributed by atoms with Gasteiger partial charge in [-0.3, -0.25) is 4.90 Å². The van der Waals surface area contributed by atoms with Crippen LogP contribution in [-0.2, 0) is 6.54 Å². The van der Waals surface area contributed by atoms with Crippen LogP contribution in [0.3, 0.4) is 0 Å². The summed E-state index contributed by atoms with van der Waals surface area (Å²) in [6.07, 6.45) is -7.14. The second-order valence-electron chi connectivity index (χ2n) is 4.17. The van der Waals surface area contributed by atoms with Crippen LogP contribution in [0.2, 0.25) is 0 Å². The summed E-state index contributed by atoms with van der Waals surface area (Å²) in [6.45, 7) is -0.609. The molecule has 0 saturated heterocycles. The van der Waals surface area contributed by atoms with Crippen LogP contribution in [0.25, 0.3) is 0 Å². The zero-order valence-electron chi connectivity index (χ0n) is 10.1. The second-order valence-corrected chi connectivity index (χ2v) is 4.17. The van der Waals surface area contributed by atoms with E-state index >= 15 is 0 Å². The molecule has 0 fully saturated rings. The summed E-state index contributed by atoms with van der Waals surface area (Å²) in [6, 6.07) is 5.26. The van der Waals surface area contributed by atoms with Crippen LogP contribution in [-0.4, -0.2) is 35.9 Å². The van der Waals surface area contributed by atoms with Gasteiger partial charge in [-0.05, 0) is 24.7 Å². The number of likely N-dealkylation sites (N-methyl/N-ethyl adjacent to an activating group) is 1. The summed E-state index contributed by atoms with van der Waals surface area (Å²) in [4.78, 5) is 1.21. The molecule has 7 heteroatoms. The SMILES string of the molecule is CN(Cc1ccc(F)cc1C#N)CC(O)C(F)(F)F. The van der Waals surface area contributed by atoms with Crippen LogP contribution in [0.15, 0.2) is 18.2 Å². The maximum atomic E-state index is 12.9. The first-order valence-electron chi connectivity index (χ1n) is 5.36. The monoisotopic (exact) mass is 276 g/mol. The third-order valence-electron chi connectivity index (χ3n) is 2.50. The number of aliphatic hydroxyl groups is 1. The number of alkyl halides is 3. The number of halogens is 4. The first-order valence-corrected chi connectivity index (χ1v) is 5.36. The van der Waals surface area contributed by atoms with Crippen LogP contribution in [0, 0.1) is 17.1 Å². The Morgan fingerprint density at radius 1 is 1.42 bits per heavy atom. The summed E-state index contributed by atoms with van der Waals surface area (Å²) >= 11 is 0. The minimum absolute atomic E-state index is 0.0102. The van der Waals surface area contributed by atoms with E-state index in [-0.39, 0.29) is 12.1 Å². The van der Waals surface area contributed by atoms with Crippen molar-refractivity contribution in [1.29, 1.82) is 5.26 Å². The molecule has 0 bridgehead atoms. The minimum Gasteiger partial charge on any atom is -0.382 e. The van der Waals surface area contributed by atoms with Gasteiger partial charge in [0.05, 0.1) is 11.6 Å². The molecular formula is C12H12F4N2O. The molecule has 1 aromatic rings. The van der Waals surface area contributed by atoms with Gasteiger partial charge in [0.25, 0.3) is 0 Å². The first-order chi connectivity index (χ1) is 8.74. The molecule has 0 radical (unpaired) electrons. The number of rotatable bonds is 4. The third kappa shape index (κ3) is 4.50. The number of hydrogen-bond donors (Lipinski definition) is 1. The Morgan fingerprint density at radius 2 is 2.05 bits per heavy atom. The molecule has 1 N–H and O–H groups in total. The van der Waals surface area contributed by atoms with Gasteiger partial charge in [-0.25, -0.2) is 4.39 Å². The fourth-order valence-electron chi connectivity index (χ4n) is 1.54. The number of aliphatic hydroxyl groups excluding tert-OH is 1. The van der Waals surface area contributed by atoms with Crippen molar-refractivity contribution >= 4 is 0 Å². The number of hydrogen-bond acceptors (Lipinski definition) is 3. The molecule has 19 heavy (non-hydrogen) atoms. The quantitative estimate of drug-likeness (QED) is 0.856. The van der Waals surface area contributed by atoms with E-state index in [2.05, 4.69) is 0 Å². The van der Waals surface area contributed by atoms with E-state index in [9.17, 15) is 17.6 Å². The van der Waals surface area contributed by atoms with Gasteiger partial charge in [-0.1, -0.05) is 6.07 Å². The predicted octanol–water partition coefficient (Wildman–Crippen LogP) is 2.05. The predicted molar refractivity (Wildman–Crippen MR) is 59.5 cm³/mol. The molecular weight excluding hydrogens is 264 g/mol. The molecule has 1 unspecified atom stereocenters. The van der Waals surface area contributed by atoms with Crippen molar-refractivity contribution in [2.24, 2.45) is 0 Å². The van der Waals surface area contributed by atoms with E-state index in [1.54, 1.807) is 6.07 Å². The average molecular weight is 276 g/mol. The number of nitrogens with zero attached hydrogens (tertiary/aromatic N) is 2. The van der Waals surface area contributed by atoms with Gasteiger partial charge < -0.3 is 5.11 Å². The maximum Gasteiger partial charge on any atom is 0.415 e. The van der Waals surface area contributed by atoms with Crippen LogP contribution in [0.4, 0.5) is 17.6 Å². The zero-order chi connectivity index (χ0) is 14.6. The lowest BCUT2D eigenvalue weighted by Crippen LogP contribution is -2.39. The van der Waals surface area contributed by atoms with Crippen molar-refractivity contribution in [3.05, 3.63) is 35.1 Å². The maximum absolute atomic E-state index is 12.9. The summed E-state index contributed by atoms with van der Waals surface area (Å²) in [7, 11) is 1.37. The third-order valence-corrected chi connectivity index (χ3v) is 2.50. The molecule has 0 aliphatic heterocycles. The van der Waals surface area contributed by atoms with E-state index in [0.29, 0.717) is 5.56 Å². The Morgan fingerprint density at radius 3 is 2.58 bits per heavy atom. The highest BCUT2D eigenvalue weighted by atomic mass is 19.4. The summed E-state index contributed by atoms with van der Waals surface area (Å²) in [5.41, 5.74) is 0.467. The second kappa shape index (κ2) is 5.99. The van der Waals surface area contributed by atoms with Gasteiger partial charge in [0, 0.05) is 13.1 Å². The van der Waals surface area contributed by atoms with Gasteiger partial charge in [-0.2, -0.15) is 18.4 Å². The van der Waals surface area contributed by atoms with E-state index < -0.39 is 24.6 Å². The number of nitriles is 1. The fraction of sp³-hybridized carbons (Fsp3) is 0.417. The average Bonchev–Trinajstić information content (AvgIpc) is 2.30. The van der Waals surface area contributed by atoms with Crippen molar-refractivity contribution in [3.8, 4) is 6.07 Å². The highest BCUT2D eigenvalue weighted by Gasteiger charge is 2.38. The van der Waals surface area contributed by atoms with Gasteiger partial charge in [0.15, 0.2) is 6.10 Å². The van der Waals surface area contributed by atoms with E-state index in [1.807, 2.05) is 0 Å². The van der Waals surface area contributed by atoms with Gasteiger partial charge in [0.1, 0.15) is 5.82 Å².